The van der Waals surface area contributed by atoms with Gasteiger partial charge in [-0.2, -0.15) is 9.61 Å². The highest BCUT2D eigenvalue weighted by molar-refractivity contribution is 7.21. The zero-order valence-electron chi connectivity index (χ0n) is 17.7. The molecule has 3 heterocycles. The molecule has 0 aliphatic rings. The van der Waals surface area contributed by atoms with Crippen LogP contribution in [0.4, 0.5) is 0 Å². The van der Waals surface area contributed by atoms with Gasteiger partial charge in [-0.05, 0) is 42.7 Å². The summed E-state index contributed by atoms with van der Waals surface area (Å²) < 4.78 is 1.47. The summed E-state index contributed by atoms with van der Waals surface area (Å²) in [6.07, 6.45) is 0. The molecule has 0 spiro atoms. The van der Waals surface area contributed by atoms with Gasteiger partial charge < -0.3 is 0 Å². The Morgan fingerprint density at radius 3 is 2.28 bits per heavy atom. The van der Waals surface area contributed by atoms with Gasteiger partial charge in [-0.3, -0.25) is 4.79 Å². The number of aromatic nitrogens is 3. The molecule has 0 radical (unpaired) electrons. The molecule has 6 aromatic rings. The van der Waals surface area contributed by atoms with E-state index in [9.17, 15) is 4.79 Å². The fraction of sp³-hybridized carbons (Fsp3) is 0.0741. The minimum absolute atomic E-state index is 0.140. The molecule has 0 bridgehead atoms. The molecule has 154 valence electrons. The van der Waals surface area contributed by atoms with E-state index in [0.29, 0.717) is 11.0 Å². The van der Waals surface area contributed by atoms with Gasteiger partial charge in [0.25, 0.3) is 5.56 Å². The first-order valence-corrected chi connectivity index (χ1v) is 11.3. The highest BCUT2D eigenvalue weighted by Gasteiger charge is 2.17. The van der Waals surface area contributed by atoms with Crippen molar-refractivity contribution in [3.05, 3.63) is 100 Å². The third-order valence-corrected chi connectivity index (χ3v) is 7.08. The molecule has 0 N–H and O–H groups in total. The summed E-state index contributed by atoms with van der Waals surface area (Å²) in [6.45, 7) is 4.19. The summed E-state index contributed by atoms with van der Waals surface area (Å²) in [7, 11) is 0. The number of nitrogens with zero attached hydrogens (tertiary/aromatic N) is 3. The summed E-state index contributed by atoms with van der Waals surface area (Å²) in [5.74, 6) is 0. The smallest absolute Gasteiger partial charge is 0.267 e. The predicted octanol–water partition coefficient (Wildman–Crippen LogP) is 6.41. The van der Waals surface area contributed by atoms with Gasteiger partial charge in [-0.15, -0.1) is 11.3 Å². The van der Waals surface area contributed by atoms with E-state index in [1.165, 1.54) is 27.0 Å². The first-order chi connectivity index (χ1) is 15.6. The van der Waals surface area contributed by atoms with E-state index in [-0.39, 0.29) is 5.56 Å². The molecule has 0 saturated carbocycles. The third kappa shape index (κ3) is 2.86. The van der Waals surface area contributed by atoms with Gasteiger partial charge in [0.2, 0.25) is 0 Å². The van der Waals surface area contributed by atoms with E-state index in [0.717, 1.165) is 37.3 Å². The van der Waals surface area contributed by atoms with Crippen LogP contribution < -0.4 is 5.56 Å². The Labute approximate surface area is 188 Å². The summed E-state index contributed by atoms with van der Waals surface area (Å²) in [5.41, 5.74) is 5.74. The zero-order chi connectivity index (χ0) is 21.8. The Bertz CT molecular complexity index is 1710. The monoisotopic (exact) mass is 433 g/mol. The Hall–Kier alpha value is -3.83. The fourth-order valence-electron chi connectivity index (χ4n) is 4.12. The predicted molar refractivity (Wildman–Crippen MR) is 132 cm³/mol. The molecule has 32 heavy (non-hydrogen) atoms. The van der Waals surface area contributed by atoms with Gasteiger partial charge in [-0.1, -0.05) is 66.7 Å². The molecule has 0 amide bonds. The maximum atomic E-state index is 13.5. The molecule has 0 saturated heterocycles. The summed E-state index contributed by atoms with van der Waals surface area (Å²) in [6, 6.07) is 26.4. The molecule has 3 aromatic heterocycles. The van der Waals surface area contributed by atoms with Gasteiger partial charge in [0.1, 0.15) is 4.83 Å². The third-order valence-electron chi connectivity index (χ3n) is 6.01. The van der Waals surface area contributed by atoms with Gasteiger partial charge in [0.05, 0.1) is 11.1 Å². The minimum atomic E-state index is -0.140. The van der Waals surface area contributed by atoms with Crippen molar-refractivity contribution in [2.45, 2.75) is 13.8 Å². The van der Waals surface area contributed by atoms with Crippen LogP contribution in [-0.2, 0) is 0 Å². The average Bonchev–Trinajstić information content (AvgIpc) is 3.26. The van der Waals surface area contributed by atoms with Gasteiger partial charge in [0.15, 0.2) is 5.65 Å². The molecular formula is C27H19N3OS. The van der Waals surface area contributed by atoms with Crippen molar-refractivity contribution in [3.8, 4) is 21.7 Å². The minimum Gasteiger partial charge on any atom is -0.267 e. The number of benzene rings is 3. The highest BCUT2D eigenvalue weighted by atomic mass is 32.1. The second-order valence-electron chi connectivity index (χ2n) is 8.04. The fourth-order valence-corrected chi connectivity index (χ4v) is 5.15. The number of hydrogen-bond acceptors (Lipinski definition) is 4. The number of fused-ring (bicyclic) bond motifs is 4. The Morgan fingerprint density at radius 2 is 1.50 bits per heavy atom. The molecule has 0 aliphatic heterocycles. The molecule has 4 nitrogen and oxygen atoms in total. The van der Waals surface area contributed by atoms with Crippen LogP contribution in [0.5, 0.6) is 0 Å². The lowest BCUT2D eigenvalue weighted by Crippen LogP contribution is -2.18. The number of aryl methyl sites for hydroxylation is 2. The number of hydrogen-bond donors (Lipinski definition) is 0. The van der Waals surface area contributed by atoms with E-state index in [2.05, 4.69) is 32.0 Å². The first kappa shape index (κ1) is 18.9. The van der Waals surface area contributed by atoms with E-state index >= 15 is 0 Å². The molecule has 6 rings (SSSR count). The largest absolute Gasteiger partial charge is 0.283 e. The highest BCUT2D eigenvalue weighted by Crippen LogP contribution is 2.33. The van der Waals surface area contributed by atoms with Crippen molar-refractivity contribution in [2.24, 2.45) is 0 Å². The van der Waals surface area contributed by atoms with Crippen molar-refractivity contribution in [2.75, 3.05) is 0 Å². The Balaban J connectivity index is 1.70. The molecule has 0 aliphatic carbocycles. The standard InChI is InChI=1S/C27H19N3OS/c1-16-12-13-19(14-17(16)2)24-20-10-6-7-11-21(20)25-28-26-22(27(31)30(25)29-24)15-23(32-26)18-8-4-3-5-9-18/h3-15H,1-2H3. The lowest BCUT2D eigenvalue weighted by molar-refractivity contribution is 0.898. The van der Waals surface area contributed by atoms with Crippen molar-refractivity contribution in [3.63, 3.8) is 0 Å². The number of rotatable bonds is 2. The van der Waals surface area contributed by atoms with E-state index < -0.39 is 0 Å². The lowest BCUT2D eigenvalue weighted by atomic mass is 10.0. The van der Waals surface area contributed by atoms with Crippen molar-refractivity contribution in [1.82, 2.24) is 14.6 Å². The molecule has 0 fully saturated rings. The first-order valence-electron chi connectivity index (χ1n) is 10.5. The molecule has 0 atom stereocenters. The zero-order valence-corrected chi connectivity index (χ0v) is 18.5. The Morgan fingerprint density at radius 1 is 0.750 bits per heavy atom. The van der Waals surface area contributed by atoms with Crippen LogP contribution >= 0.6 is 11.3 Å². The molecule has 3 aromatic carbocycles. The normalized spacial score (nSPS) is 11.6. The van der Waals surface area contributed by atoms with Crippen LogP contribution in [0.25, 0.3) is 48.3 Å². The second-order valence-corrected chi connectivity index (χ2v) is 9.07. The van der Waals surface area contributed by atoms with Gasteiger partial charge in [0, 0.05) is 21.2 Å². The van der Waals surface area contributed by atoms with Crippen molar-refractivity contribution >= 4 is 38.0 Å². The van der Waals surface area contributed by atoms with Crippen molar-refractivity contribution < 1.29 is 0 Å². The molecular weight excluding hydrogens is 414 g/mol. The average molecular weight is 434 g/mol. The van der Waals surface area contributed by atoms with Crippen LogP contribution in [0.15, 0.2) is 83.7 Å². The van der Waals surface area contributed by atoms with Crippen LogP contribution in [0.1, 0.15) is 11.1 Å². The van der Waals surface area contributed by atoms with E-state index in [4.69, 9.17) is 10.1 Å². The maximum absolute atomic E-state index is 13.5. The quantitative estimate of drug-likeness (QED) is 0.297. The lowest BCUT2D eigenvalue weighted by Gasteiger charge is -2.11. The van der Waals surface area contributed by atoms with Crippen LogP contribution in [-0.4, -0.2) is 14.6 Å². The number of thiophene rings is 1. The van der Waals surface area contributed by atoms with E-state index in [1.54, 1.807) is 0 Å². The molecule has 0 unspecified atom stereocenters. The molecule has 5 heteroatoms. The SMILES string of the molecule is Cc1ccc(-c2nn3c(=O)c4cc(-c5ccccc5)sc4nc3c3ccccc23)cc1C. The van der Waals surface area contributed by atoms with Crippen LogP contribution in [0, 0.1) is 13.8 Å². The van der Waals surface area contributed by atoms with Crippen LogP contribution in [0.2, 0.25) is 0 Å². The summed E-state index contributed by atoms with van der Waals surface area (Å²) in [4.78, 5) is 20.2. The van der Waals surface area contributed by atoms with Gasteiger partial charge in [-0.25, -0.2) is 4.98 Å². The van der Waals surface area contributed by atoms with Crippen molar-refractivity contribution in [1.29, 1.82) is 0 Å². The second kappa shape index (κ2) is 7.11. The van der Waals surface area contributed by atoms with E-state index in [1.807, 2.05) is 60.7 Å². The summed E-state index contributed by atoms with van der Waals surface area (Å²) in [5, 5.41) is 7.33. The van der Waals surface area contributed by atoms with Crippen LogP contribution in [0.3, 0.4) is 0 Å². The maximum Gasteiger partial charge on any atom is 0.283 e. The summed E-state index contributed by atoms with van der Waals surface area (Å²) >= 11 is 1.54. The Kier molecular flexibility index (Phi) is 4.20. The van der Waals surface area contributed by atoms with Gasteiger partial charge >= 0.3 is 0 Å². The topological polar surface area (TPSA) is 47.3 Å².